The molecule has 2 aromatic rings. The summed E-state index contributed by atoms with van der Waals surface area (Å²) in [7, 11) is 5.79. The molecule has 0 radical (unpaired) electrons. The Bertz CT molecular complexity index is 753. The van der Waals surface area contributed by atoms with Gasteiger partial charge in [0.15, 0.2) is 0 Å². The van der Waals surface area contributed by atoms with Crippen molar-refractivity contribution < 1.29 is 31.5 Å². The van der Waals surface area contributed by atoms with Gasteiger partial charge in [-0.15, -0.1) is 0 Å². The number of nitrogens with zero attached hydrogens (tertiary/aromatic N) is 2. The zero-order valence-electron chi connectivity index (χ0n) is 14.6. The Kier molecular flexibility index (Phi) is 6.81. The number of fused-ring (bicyclic) bond motifs is 1. The highest BCUT2D eigenvalue weighted by Crippen LogP contribution is 2.30. The number of aryl methyl sites for hydroxylation is 1. The Morgan fingerprint density at radius 3 is 2.46 bits per heavy atom. The number of benzene rings is 1. The molecule has 0 atom stereocenters. The normalized spacial score (nSPS) is 10.6. The van der Waals surface area contributed by atoms with Gasteiger partial charge in [0.25, 0.3) is 0 Å². The van der Waals surface area contributed by atoms with Crippen molar-refractivity contribution in [1.82, 2.24) is 9.47 Å². The lowest BCUT2D eigenvalue weighted by Crippen LogP contribution is -3.00. The summed E-state index contributed by atoms with van der Waals surface area (Å²) in [5.74, 6) is -0.348. The smallest absolute Gasteiger partial charge is 0.340 e. The van der Waals surface area contributed by atoms with E-state index in [0.29, 0.717) is 24.5 Å². The first-order valence-corrected chi connectivity index (χ1v) is 7.46. The number of hydrogen-bond donors (Lipinski definition) is 0. The fourth-order valence-corrected chi connectivity index (χ4v) is 2.62. The van der Waals surface area contributed by atoms with E-state index in [9.17, 15) is 9.59 Å². The van der Waals surface area contributed by atoms with Gasteiger partial charge in [-0.1, -0.05) is 0 Å². The van der Waals surface area contributed by atoms with Gasteiger partial charge in [-0.25, -0.2) is 4.79 Å². The fourth-order valence-electron chi connectivity index (χ4n) is 2.62. The Balaban J connectivity index is 0.00000288. The molecular formula is C17H22ClN2O4-. The van der Waals surface area contributed by atoms with E-state index >= 15 is 0 Å². The molecule has 0 fully saturated rings. The van der Waals surface area contributed by atoms with Gasteiger partial charge in [0, 0.05) is 37.1 Å². The van der Waals surface area contributed by atoms with Gasteiger partial charge in [-0.3, -0.25) is 4.79 Å². The average Bonchev–Trinajstić information content (AvgIpc) is 2.70. The molecule has 0 bridgehead atoms. The summed E-state index contributed by atoms with van der Waals surface area (Å²) in [5, 5.41) is 0.724. The molecule has 0 unspecified atom stereocenters. The standard InChI is InChI=1S/C17H22N2O4.ClH/c1-6-22-17(21)16-13-9-12(23-11(2)20)7-8-14(13)19(5)15(16)10-18(3)4;/h7-9H,6,10H2,1-5H3;1H/p-1. The maximum atomic E-state index is 12.4. The van der Waals surface area contributed by atoms with Gasteiger partial charge in [0.2, 0.25) is 0 Å². The minimum atomic E-state index is -0.397. The number of aromatic nitrogens is 1. The predicted molar refractivity (Wildman–Crippen MR) is 87.6 cm³/mol. The van der Waals surface area contributed by atoms with E-state index in [1.807, 2.05) is 36.7 Å². The van der Waals surface area contributed by atoms with E-state index in [4.69, 9.17) is 9.47 Å². The molecule has 0 saturated carbocycles. The van der Waals surface area contributed by atoms with E-state index in [1.165, 1.54) is 6.92 Å². The molecule has 0 aliphatic carbocycles. The van der Waals surface area contributed by atoms with Gasteiger partial charge in [-0.2, -0.15) is 0 Å². The van der Waals surface area contributed by atoms with Crippen LogP contribution in [0.25, 0.3) is 10.9 Å². The molecule has 0 saturated heterocycles. The molecule has 0 N–H and O–H groups in total. The zero-order chi connectivity index (χ0) is 17.1. The molecule has 1 heterocycles. The third-order valence-corrected chi connectivity index (χ3v) is 3.50. The van der Waals surface area contributed by atoms with Crippen LogP contribution in [0.2, 0.25) is 0 Å². The largest absolute Gasteiger partial charge is 1.00 e. The van der Waals surface area contributed by atoms with Crippen molar-refractivity contribution in [1.29, 1.82) is 0 Å². The summed E-state index contributed by atoms with van der Waals surface area (Å²) in [5.41, 5.74) is 2.27. The van der Waals surface area contributed by atoms with Crippen LogP contribution >= 0.6 is 0 Å². The molecule has 0 aliphatic rings. The van der Waals surface area contributed by atoms with Gasteiger partial charge >= 0.3 is 11.9 Å². The topological polar surface area (TPSA) is 60.8 Å². The molecule has 24 heavy (non-hydrogen) atoms. The first-order valence-electron chi connectivity index (χ1n) is 7.46. The van der Waals surface area contributed by atoms with Crippen LogP contribution in [0.1, 0.15) is 29.9 Å². The second-order valence-electron chi connectivity index (χ2n) is 5.61. The Morgan fingerprint density at radius 1 is 1.25 bits per heavy atom. The summed E-state index contributed by atoms with van der Waals surface area (Å²) in [6.07, 6.45) is 0. The summed E-state index contributed by atoms with van der Waals surface area (Å²) in [6.45, 7) is 4.03. The zero-order valence-corrected chi connectivity index (χ0v) is 15.3. The lowest BCUT2D eigenvalue weighted by atomic mass is 10.1. The van der Waals surface area contributed by atoms with Crippen molar-refractivity contribution in [2.45, 2.75) is 20.4 Å². The molecule has 1 aromatic carbocycles. The Hall–Kier alpha value is -2.05. The second kappa shape index (κ2) is 8.17. The van der Waals surface area contributed by atoms with Gasteiger partial charge in [0.1, 0.15) is 5.75 Å². The molecule has 0 aliphatic heterocycles. The van der Waals surface area contributed by atoms with Crippen LogP contribution in [0, 0.1) is 0 Å². The third kappa shape index (κ3) is 4.07. The van der Waals surface area contributed by atoms with Crippen LogP contribution < -0.4 is 17.1 Å². The molecular weight excluding hydrogens is 332 g/mol. The summed E-state index contributed by atoms with van der Waals surface area (Å²) in [6, 6.07) is 5.27. The van der Waals surface area contributed by atoms with E-state index in [0.717, 1.165) is 16.6 Å². The summed E-state index contributed by atoms with van der Waals surface area (Å²) >= 11 is 0. The Labute approximate surface area is 147 Å². The molecule has 0 amide bonds. The number of rotatable bonds is 5. The highest BCUT2D eigenvalue weighted by molar-refractivity contribution is 6.06. The highest BCUT2D eigenvalue weighted by atomic mass is 35.5. The van der Waals surface area contributed by atoms with Crippen molar-refractivity contribution in [3.05, 3.63) is 29.5 Å². The fraction of sp³-hybridized carbons (Fsp3) is 0.412. The average molecular weight is 354 g/mol. The monoisotopic (exact) mass is 353 g/mol. The second-order valence-corrected chi connectivity index (χ2v) is 5.61. The number of ether oxygens (including phenoxy) is 2. The number of hydrogen-bond acceptors (Lipinski definition) is 5. The Morgan fingerprint density at radius 2 is 1.92 bits per heavy atom. The molecule has 132 valence electrons. The maximum Gasteiger partial charge on any atom is 0.340 e. The van der Waals surface area contributed by atoms with Crippen LogP contribution in [0.15, 0.2) is 18.2 Å². The molecule has 7 heteroatoms. The highest BCUT2D eigenvalue weighted by Gasteiger charge is 2.23. The maximum absolute atomic E-state index is 12.4. The van der Waals surface area contributed by atoms with Crippen molar-refractivity contribution in [3.8, 4) is 5.75 Å². The predicted octanol–water partition coefficient (Wildman–Crippen LogP) is -0.654. The van der Waals surface area contributed by atoms with Crippen LogP contribution in [0.4, 0.5) is 0 Å². The van der Waals surface area contributed by atoms with Crippen LogP contribution in [0.3, 0.4) is 0 Å². The minimum Gasteiger partial charge on any atom is -1.00 e. The molecule has 0 spiro atoms. The van der Waals surface area contributed by atoms with Crippen LogP contribution in [-0.4, -0.2) is 42.1 Å². The molecule has 2 rings (SSSR count). The van der Waals surface area contributed by atoms with Gasteiger partial charge in [-0.05, 0) is 39.2 Å². The van der Waals surface area contributed by atoms with Crippen molar-refractivity contribution >= 4 is 22.8 Å². The van der Waals surface area contributed by atoms with E-state index in [2.05, 4.69) is 0 Å². The van der Waals surface area contributed by atoms with Gasteiger partial charge in [0.05, 0.1) is 12.2 Å². The van der Waals surface area contributed by atoms with E-state index in [-0.39, 0.29) is 18.4 Å². The number of esters is 2. The molecule has 6 nitrogen and oxygen atoms in total. The van der Waals surface area contributed by atoms with Crippen LogP contribution in [-0.2, 0) is 23.1 Å². The summed E-state index contributed by atoms with van der Waals surface area (Å²) < 4.78 is 12.3. The quantitative estimate of drug-likeness (QED) is 0.528. The first-order chi connectivity index (χ1) is 10.8. The number of carbonyl (C=O) groups excluding carboxylic acids is 2. The lowest BCUT2D eigenvalue weighted by molar-refractivity contribution is -0.131. The van der Waals surface area contributed by atoms with Crippen molar-refractivity contribution in [2.24, 2.45) is 7.05 Å². The lowest BCUT2D eigenvalue weighted by Gasteiger charge is -2.12. The van der Waals surface area contributed by atoms with Gasteiger partial charge < -0.3 is 31.3 Å². The molecule has 1 aromatic heterocycles. The number of carbonyl (C=O) groups is 2. The van der Waals surface area contributed by atoms with E-state index < -0.39 is 5.97 Å². The third-order valence-electron chi connectivity index (χ3n) is 3.50. The SMILES string of the molecule is CCOC(=O)c1c(CN(C)C)n(C)c2ccc(OC(C)=O)cc12.[Cl-]. The summed E-state index contributed by atoms with van der Waals surface area (Å²) in [4.78, 5) is 25.6. The first kappa shape index (κ1) is 20.0. The van der Waals surface area contributed by atoms with Crippen molar-refractivity contribution in [3.63, 3.8) is 0 Å². The minimum absolute atomic E-state index is 0. The van der Waals surface area contributed by atoms with Crippen molar-refractivity contribution in [2.75, 3.05) is 20.7 Å². The number of halogens is 1. The van der Waals surface area contributed by atoms with Crippen LogP contribution in [0.5, 0.6) is 5.75 Å². The van der Waals surface area contributed by atoms with E-state index in [1.54, 1.807) is 19.1 Å².